The van der Waals surface area contributed by atoms with E-state index in [9.17, 15) is 14.0 Å². The number of hydrogen-bond donors (Lipinski definition) is 0. The number of nitrogens with zero attached hydrogens (tertiary/aromatic N) is 2. The zero-order chi connectivity index (χ0) is 28.7. The second-order valence-electron chi connectivity index (χ2n) is 10.2. The summed E-state index contributed by atoms with van der Waals surface area (Å²) in [5, 5.41) is 4.93. The molecule has 3 aromatic rings. The minimum absolute atomic E-state index is 0.115. The van der Waals surface area contributed by atoms with Crippen molar-refractivity contribution in [2.75, 3.05) is 26.4 Å². The molecule has 9 nitrogen and oxygen atoms in total. The standard InChI is InChI=1S/C30H35FN2O7/c1-5-36-28(34)22-14-16-24-26(27(22)39-19-18-38-25-8-6-7-17-37-25)23(15-11-20-9-12-21(31)13-10-20)32-33(24)29(35)40-30(2,3)4/h9-16,25H,5-8,17-19H2,1-4H3/b15-11+. The number of aromatic nitrogens is 2. The Bertz CT molecular complexity index is 1350. The fourth-order valence-corrected chi connectivity index (χ4v) is 4.20. The van der Waals surface area contributed by atoms with Gasteiger partial charge in [0.2, 0.25) is 0 Å². The number of hydrogen-bond acceptors (Lipinski definition) is 8. The van der Waals surface area contributed by atoms with Crippen molar-refractivity contribution in [1.29, 1.82) is 0 Å². The van der Waals surface area contributed by atoms with E-state index >= 15 is 0 Å². The fraction of sp³-hybridized carbons (Fsp3) is 0.433. The molecular weight excluding hydrogens is 519 g/mol. The topological polar surface area (TPSA) is 98.1 Å². The van der Waals surface area contributed by atoms with Crippen LogP contribution in [0.5, 0.6) is 5.75 Å². The van der Waals surface area contributed by atoms with Crippen molar-refractivity contribution in [3.63, 3.8) is 0 Å². The third kappa shape index (κ3) is 7.45. The summed E-state index contributed by atoms with van der Waals surface area (Å²) in [7, 11) is 0. The fourth-order valence-electron chi connectivity index (χ4n) is 4.20. The lowest BCUT2D eigenvalue weighted by molar-refractivity contribution is -0.165. The number of esters is 1. The van der Waals surface area contributed by atoms with Crippen LogP contribution in [-0.4, -0.2) is 60.2 Å². The van der Waals surface area contributed by atoms with Crippen LogP contribution < -0.4 is 4.74 Å². The van der Waals surface area contributed by atoms with Crippen molar-refractivity contribution in [2.24, 2.45) is 0 Å². The van der Waals surface area contributed by atoms with Crippen LogP contribution in [0.25, 0.3) is 23.1 Å². The molecule has 2 heterocycles. The molecule has 0 radical (unpaired) electrons. The maximum atomic E-state index is 13.4. The van der Waals surface area contributed by atoms with E-state index in [1.807, 2.05) is 0 Å². The second-order valence-corrected chi connectivity index (χ2v) is 10.2. The highest BCUT2D eigenvalue weighted by Crippen LogP contribution is 2.35. The Hall–Kier alpha value is -3.76. The number of benzene rings is 2. The first-order valence-corrected chi connectivity index (χ1v) is 13.4. The van der Waals surface area contributed by atoms with Crippen LogP contribution in [0.1, 0.15) is 68.6 Å². The average Bonchev–Trinajstić information content (AvgIpc) is 3.30. The maximum absolute atomic E-state index is 13.4. The summed E-state index contributed by atoms with van der Waals surface area (Å²) in [4.78, 5) is 26.0. The SMILES string of the molecule is CCOC(=O)c1ccc2c(c(/C=C/c3ccc(F)cc3)nn2C(=O)OC(C)(C)C)c1OCCOC1CCCCO1. The van der Waals surface area contributed by atoms with Crippen LogP contribution in [0.2, 0.25) is 0 Å². The lowest BCUT2D eigenvalue weighted by Gasteiger charge is -2.22. The Morgan fingerprint density at radius 1 is 1.10 bits per heavy atom. The molecule has 4 rings (SSSR count). The van der Waals surface area contributed by atoms with Gasteiger partial charge < -0.3 is 23.7 Å². The van der Waals surface area contributed by atoms with Crippen molar-refractivity contribution in [2.45, 2.75) is 58.8 Å². The number of halogens is 1. The Morgan fingerprint density at radius 3 is 2.55 bits per heavy atom. The zero-order valence-electron chi connectivity index (χ0n) is 23.3. The lowest BCUT2D eigenvalue weighted by Crippen LogP contribution is -2.27. The van der Waals surface area contributed by atoms with E-state index in [2.05, 4.69) is 5.10 Å². The van der Waals surface area contributed by atoms with E-state index in [-0.39, 0.29) is 43.2 Å². The molecule has 1 aromatic heterocycles. The molecule has 1 atom stereocenters. The van der Waals surface area contributed by atoms with E-state index in [0.29, 0.717) is 28.8 Å². The molecular formula is C30H35FN2O7. The van der Waals surface area contributed by atoms with Gasteiger partial charge in [-0.2, -0.15) is 9.78 Å². The van der Waals surface area contributed by atoms with Crippen LogP contribution in [0, 0.1) is 5.82 Å². The van der Waals surface area contributed by atoms with E-state index in [0.717, 1.165) is 23.9 Å². The molecule has 0 spiro atoms. The summed E-state index contributed by atoms with van der Waals surface area (Å²) in [6.07, 6.45) is 5.27. The summed E-state index contributed by atoms with van der Waals surface area (Å²) in [5.74, 6) is -0.723. The minimum Gasteiger partial charge on any atom is -0.489 e. The van der Waals surface area contributed by atoms with Crippen molar-refractivity contribution >= 4 is 35.1 Å². The monoisotopic (exact) mass is 554 g/mol. The van der Waals surface area contributed by atoms with Crippen LogP contribution in [0.4, 0.5) is 9.18 Å². The molecule has 0 aliphatic carbocycles. The summed E-state index contributed by atoms with van der Waals surface area (Å²) < 4.78 is 43.0. The van der Waals surface area contributed by atoms with E-state index in [1.54, 1.807) is 58.0 Å². The molecule has 2 aromatic carbocycles. The molecule has 1 saturated heterocycles. The predicted molar refractivity (Wildman–Crippen MR) is 148 cm³/mol. The molecule has 0 amide bonds. The van der Waals surface area contributed by atoms with Gasteiger partial charge in [-0.25, -0.2) is 14.0 Å². The molecule has 1 aliphatic rings. The van der Waals surface area contributed by atoms with Crippen molar-refractivity contribution in [3.8, 4) is 5.75 Å². The summed E-state index contributed by atoms with van der Waals surface area (Å²) in [5.41, 5.74) is 0.868. The Balaban J connectivity index is 1.75. The highest BCUT2D eigenvalue weighted by molar-refractivity contribution is 6.05. The lowest BCUT2D eigenvalue weighted by atomic mass is 10.1. The first kappa shape index (κ1) is 29.2. The van der Waals surface area contributed by atoms with Gasteiger partial charge >= 0.3 is 12.1 Å². The van der Waals surface area contributed by atoms with Gasteiger partial charge in [-0.15, -0.1) is 0 Å². The van der Waals surface area contributed by atoms with E-state index < -0.39 is 17.7 Å². The molecule has 1 unspecified atom stereocenters. The number of ether oxygens (including phenoxy) is 5. The smallest absolute Gasteiger partial charge is 0.435 e. The average molecular weight is 555 g/mol. The summed E-state index contributed by atoms with van der Waals surface area (Å²) >= 11 is 0. The first-order valence-electron chi connectivity index (χ1n) is 13.4. The minimum atomic E-state index is -0.762. The van der Waals surface area contributed by atoms with Crippen LogP contribution in [0.15, 0.2) is 36.4 Å². The molecule has 10 heteroatoms. The molecule has 1 aliphatic heterocycles. The van der Waals surface area contributed by atoms with Crippen LogP contribution in [-0.2, 0) is 18.9 Å². The number of carbonyl (C=O) groups excluding carboxylic acids is 2. The molecule has 0 saturated carbocycles. The molecule has 40 heavy (non-hydrogen) atoms. The molecule has 0 N–H and O–H groups in total. The Morgan fingerprint density at radius 2 is 1.88 bits per heavy atom. The van der Waals surface area contributed by atoms with E-state index in [4.69, 9.17) is 23.7 Å². The van der Waals surface area contributed by atoms with Gasteiger partial charge in [0.1, 0.15) is 29.3 Å². The van der Waals surface area contributed by atoms with Gasteiger partial charge in [0.25, 0.3) is 0 Å². The predicted octanol–water partition coefficient (Wildman–Crippen LogP) is 6.23. The van der Waals surface area contributed by atoms with Crippen molar-refractivity contribution < 1.29 is 37.7 Å². The van der Waals surface area contributed by atoms with Gasteiger partial charge in [-0.3, -0.25) is 0 Å². The Labute approximate surface area is 232 Å². The summed E-state index contributed by atoms with van der Waals surface area (Å²) in [6.45, 7) is 8.17. The van der Waals surface area contributed by atoms with E-state index in [1.165, 1.54) is 18.2 Å². The van der Waals surface area contributed by atoms with Gasteiger partial charge in [-0.05, 0) is 82.9 Å². The van der Waals surface area contributed by atoms with Crippen molar-refractivity contribution in [3.05, 3.63) is 59.0 Å². The van der Waals surface area contributed by atoms with Crippen LogP contribution in [0.3, 0.4) is 0 Å². The Kier molecular flexibility index (Phi) is 9.54. The van der Waals surface area contributed by atoms with Gasteiger partial charge in [-0.1, -0.05) is 18.2 Å². The first-order chi connectivity index (χ1) is 19.2. The maximum Gasteiger partial charge on any atom is 0.435 e. The molecule has 1 fully saturated rings. The van der Waals surface area contributed by atoms with Gasteiger partial charge in [0, 0.05) is 6.61 Å². The largest absolute Gasteiger partial charge is 0.489 e. The van der Waals surface area contributed by atoms with Crippen molar-refractivity contribution in [1.82, 2.24) is 9.78 Å². The van der Waals surface area contributed by atoms with Crippen LogP contribution >= 0.6 is 0 Å². The quantitative estimate of drug-likeness (QED) is 0.227. The summed E-state index contributed by atoms with van der Waals surface area (Å²) in [6, 6.07) is 9.07. The third-order valence-corrected chi connectivity index (χ3v) is 5.96. The molecule has 214 valence electrons. The van der Waals surface area contributed by atoms with Gasteiger partial charge in [0.05, 0.1) is 29.8 Å². The zero-order valence-corrected chi connectivity index (χ0v) is 23.3. The highest BCUT2D eigenvalue weighted by Gasteiger charge is 2.27. The normalized spacial score (nSPS) is 15.9. The number of fused-ring (bicyclic) bond motifs is 1. The second kappa shape index (κ2) is 13.1. The van der Waals surface area contributed by atoms with Gasteiger partial charge in [0.15, 0.2) is 6.29 Å². The molecule has 0 bridgehead atoms. The number of rotatable bonds is 9. The number of carbonyl (C=O) groups is 2. The third-order valence-electron chi connectivity index (χ3n) is 5.96. The highest BCUT2D eigenvalue weighted by atomic mass is 19.1.